The normalized spacial score (nSPS) is 15.6. The summed E-state index contributed by atoms with van der Waals surface area (Å²) in [5.41, 5.74) is 1.80. The van der Waals surface area contributed by atoms with Crippen molar-refractivity contribution < 1.29 is 9.53 Å². The zero-order valence-electron chi connectivity index (χ0n) is 17.7. The topological polar surface area (TPSA) is 57.7 Å². The molecule has 2 aromatic rings. The van der Waals surface area contributed by atoms with Crippen LogP contribution in [-0.4, -0.2) is 56.1 Å². The van der Waals surface area contributed by atoms with Crippen LogP contribution in [0.5, 0.6) is 5.75 Å². The number of amides is 1. The fraction of sp³-hybridized carbons (Fsp3) is 0.478. The molecular weight excluding hydrogens is 364 g/mol. The van der Waals surface area contributed by atoms with E-state index in [0.29, 0.717) is 24.5 Å². The summed E-state index contributed by atoms with van der Waals surface area (Å²) in [6, 6.07) is 12.0. The van der Waals surface area contributed by atoms with Crippen LogP contribution >= 0.6 is 0 Å². The van der Waals surface area contributed by atoms with Crippen molar-refractivity contribution in [3.8, 4) is 5.75 Å². The van der Waals surface area contributed by atoms with Crippen molar-refractivity contribution in [2.75, 3.05) is 45.2 Å². The van der Waals surface area contributed by atoms with Gasteiger partial charge in [-0.1, -0.05) is 18.6 Å². The molecule has 0 aliphatic carbocycles. The standard InChI is InChI=1S/C23H32N4O2/c1-4-29-19-12-10-18(11-13-19)21(27-15-6-5-7-16-27)17-25-23(28)20-9-8-14-24-22(20)26(2)3/h8-14,21H,4-7,15-17H2,1-3H3,(H,25,28). The summed E-state index contributed by atoms with van der Waals surface area (Å²) < 4.78 is 5.58. The first kappa shape index (κ1) is 21.1. The predicted octanol–water partition coefficient (Wildman–Crippen LogP) is 3.50. The Morgan fingerprint density at radius 2 is 1.90 bits per heavy atom. The van der Waals surface area contributed by atoms with E-state index in [4.69, 9.17) is 4.74 Å². The third-order valence-corrected chi connectivity index (χ3v) is 5.32. The molecule has 3 rings (SSSR count). The molecule has 1 fully saturated rings. The van der Waals surface area contributed by atoms with E-state index in [1.807, 2.05) is 44.1 Å². The average Bonchev–Trinajstić information content (AvgIpc) is 2.76. The zero-order valence-corrected chi connectivity index (χ0v) is 17.7. The maximum Gasteiger partial charge on any atom is 0.255 e. The SMILES string of the molecule is CCOc1ccc(C(CNC(=O)c2cccnc2N(C)C)N2CCCCC2)cc1. The number of benzene rings is 1. The summed E-state index contributed by atoms with van der Waals surface area (Å²) in [6.45, 7) is 5.33. The van der Waals surface area contributed by atoms with Crippen LogP contribution < -0.4 is 15.0 Å². The Labute approximate surface area is 173 Å². The molecule has 0 radical (unpaired) electrons. The average molecular weight is 397 g/mol. The maximum absolute atomic E-state index is 12.9. The second-order valence-electron chi connectivity index (χ2n) is 7.59. The number of hydrogen-bond acceptors (Lipinski definition) is 5. The molecule has 1 N–H and O–H groups in total. The molecule has 2 heterocycles. The molecule has 29 heavy (non-hydrogen) atoms. The highest BCUT2D eigenvalue weighted by atomic mass is 16.5. The first-order valence-electron chi connectivity index (χ1n) is 10.5. The van der Waals surface area contributed by atoms with Crippen molar-refractivity contribution in [2.45, 2.75) is 32.2 Å². The van der Waals surface area contributed by atoms with Gasteiger partial charge in [0.2, 0.25) is 0 Å². The van der Waals surface area contributed by atoms with Gasteiger partial charge in [-0.2, -0.15) is 0 Å². The van der Waals surface area contributed by atoms with Gasteiger partial charge in [0.25, 0.3) is 5.91 Å². The highest BCUT2D eigenvalue weighted by Gasteiger charge is 2.24. The number of piperidine rings is 1. The van der Waals surface area contributed by atoms with Crippen molar-refractivity contribution in [3.63, 3.8) is 0 Å². The summed E-state index contributed by atoms with van der Waals surface area (Å²) in [5, 5.41) is 3.15. The van der Waals surface area contributed by atoms with Gasteiger partial charge in [0, 0.05) is 26.8 Å². The summed E-state index contributed by atoms with van der Waals surface area (Å²) >= 11 is 0. The first-order chi connectivity index (χ1) is 14.1. The minimum Gasteiger partial charge on any atom is -0.494 e. The predicted molar refractivity (Wildman–Crippen MR) is 117 cm³/mol. The monoisotopic (exact) mass is 396 g/mol. The Bertz CT molecular complexity index is 786. The number of pyridine rings is 1. The number of anilines is 1. The zero-order chi connectivity index (χ0) is 20.6. The van der Waals surface area contributed by atoms with Crippen LogP contribution in [0.1, 0.15) is 48.1 Å². The Morgan fingerprint density at radius 1 is 1.17 bits per heavy atom. The number of nitrogens with zero attached hydrogens (tertiary/aromatic N) is 3. The molecule has 0 saturated carbocycles. The van der Waals surface area contributed by atoms with Crippen molar-refractivity contribution in [1.82, 2.24) is 15.2 Å². The Hall–Kier alpha value is -2.60. The van der Waals surface area contributed by atoms with Crippen LogP contribution in [0.2, 0.25) is 0 Å². The number of carbonyl (C=O) groups excluding carboxylic acids is 1. The molecule has 156 valence electrons. The molecule has 1 unspecified atom stereocenters. The van der Waals surface area contributed by atoms with Crippen LogP contribution in [0.15, 0.2) is 42.6 Å². The van der Waals surface area contributed by atoms with Crippen molar-refractivity contribution in [3.05, 3.63) is 53.7 Å². The van der Waals surface area contributed by atoms with Crippen LogP contribution in [0.25, 0.3) is 0 Å². The van der Waals surface area contributed by atoms with Crippen molar-refractivity contribution in [1.29, 1.82) is 0 Å². The van der Waals surface area contributed by atoms with Crippen LogP contribution in [0, 0.1) is 0 Å². The van der Waals surface area contributed by atoms with Gasteiger partial charge in [-0.15, -0.1) is 0 Å². The van der Waals surface area contributed by atoms with E-state index in [0.717, 1.165) is 18.8 Å². The summed E-state index contributed by atoms with van der Waals surface area (Å²) in [7, 11) is 3.80. The molecule has 1 atom stereocenters. The molecule has 0 spiro atoms. The molecule has 1 saturated heterocycles. The maximum atomic E-state index is 12.9. The van der Waals surface area contributed by atoms with Crippen molar-refractivity contribution in [2.24, 2.45) is 0 Å². The van der Waals surface area contributed by atoms with Gasteiger partial charge in [-0.3, -0.25) is 9.69 Å². The molecule has 0 bridgehead atoms. The third-order valence-electron chi connectivity index (χ3n) is 5.32. The van der Waals surface area contributed by atoms with E-state index in [-0.39, 0.29) is 11.9 Å². The lowest BCUT2D eigenvalue weighted by Crippen LogP contribution is -2.40. The minimum absolute atomic E-state index is 0.0882. The van der Waals surface area contributed by atoms with E-state index < -0.39 is 0 Å². The lowest BCUT2D eigenvalue weighted by molar-refractivity contribution is 0.0924. The lowest BCUT2D eigenvalue weighted by Gasteiger charge is -2.35. The molecule has 1 aliphatic rings. The lowest BCUT2D eigenvalue weighted by atomic mass is 10.0. The molecule has 1 aliphatic heterocycles. The van der Waals surface area contributed by atoms with Gasteiger partial charge in [0.15, 0.2) is 0 Å². The van der Waals surface area contributed by atoms with Gasteiger partial charge < -0.3 is 15.0 Å². The Morgan fingerprint density at radius 3 is 2.55 bits per heavy atom. The summed E-state index contributed by atoms with van der Waals surface area (Å²) in [6.07, 6.45) is 5.40. The second kappa shape index (κ2) is 10.3. The molecule has 6 heteroatoms. The van der Waals surface area contributed by atoms with Crippen LogP contribution in [0.4, 0.5) is 5.82 Å². The fourth-order valence-electron chi connectivity index (χ4n) is 3.86. The molecular formula is C23H32N4O2. The van der Waals surface area contributed by atoms with Gasteiger partial charge in [-0.25, -0.2) is 4.98 Å². The van der Waals surface area contributed by atoms with Crippen molar-refractivity contribution >= 4 is 11.7 Å². The largest absolute Gasteiger partial charge is 0.494 e. The number of ether oxygens (including phenoxy) is 1. The van der Waals surface area contributed by atoms with Crippen LogP contribution in [0.3, 0.4) is 0 Å². The second-order valence-corrected chi connectivity index (χ2v) is 7.59. The number of likely N-dealkylation sites (tertiary alicyclic amines) is 1. The number of nitrogens with one attached hydrogen (secondary N) is 1. The number of hydrogen-bond donors (Lipinski definition) is 1. The summed E-state index contributed by atoms with van der Waals surface area (Å²) in [4.78, 5) is 21.6. The first-order valence-corrected chi connectivity index (χ1v) is 10.5. The van der Waals surface area contributed by atoms with E-state index in [1.54, 1.807) is 12.3 Å². The molecule has 1 amide bonds. The van der Waals surface area contributed by atoms with E-state index in [1.165, 1.54) is 24.8 Å². The highest BCUT2D eigenvalue weighted by Crippen LogP contribution is 2.26. The van der Waals surface area contributed by atoms with Gasteiger partial charge >= 0.3 is 0 Å². The van der Waals surface area contributed by atoms with E-state index >= 15 is 0 Å². The number of aromatic nitrogens is 1. The quantitative estimate of drug-likeness (QED) is 0.740. The number of rotatable bonds is 8. The third kappa shape index (κ3) is 5.48. The van der Waals surface area contributed by atoms with E-state index in [9.17, 15) is 4.79 Å². The Balaban J connectivity index is 1.76. The van der Waals surface area contributed by atoms with Gasteiger partial charge in [0.1, 0.15) is 11.6 Å². The highest BCUT2D eigenvalue weighted by molar-refractivity contribution is 5.98. The molecule has 1 aromatic heterocycles. The smallest absolute Gasteiger partial charge is 0.255 e. The van der Waals surface area contributed by atoms with Gasteiger partial charge in [-0.05, 0) is 62.7 Å². The van der Waals surface area contributed by atoms with Crippen LogP contribution in [-0.2, 0) is 0 Å². The molecule has 1 aromatic carbocycles. The molecule has 6 nitrogen and oxygen atoms in total. The number of carbonyl (C=O) groups is 1. The summed E-state index contributed by atoms with van der Waals surface area (Å²) in [5.74, 6) is 1.47. The van der Waals surface area contributed by atoms with Gasteiger partial charge in [0.05, 0.1) is 18.2 Å². The Kier molecular flexibility index (Phi) is 7.47. The minimum atomic E-state index is -0.0882. The van der Waals surface area contributed by atoms with E-state index in [2.05, 4.69) is 27.3 Å². The fourth-order valence-corrected chi connectivity index (χ4v) is 3.86.